The molecule has 2 N–H and O–H groups in total. The van der Waals surface area contributed by atoms with E-state index in [0.717, 1.165) is 25.9 Å². The highest BCUT2D eigenvalue weighted by molar-refractivity contribution is 7.10. The van der Waals surface area contributed by atoms with Crippen molar-refractivity contribution in [3.63, 3.8) is 0 Å². The number of nitrogens with two attached hydrogens (primary N) is 1. The van der Waals surface area contributed by atoms with Crippen LogP contribution in [0.5, 0.6) is 0 Å². The minimum Gasteiger partial charge on any atom is -0.328 e. The Morgan fingerprint density at radius 1 is 1.44 bits per heavy atom. The topological polar surface area (TPSA) is 29.3 Å². The number of rotatable bonds is 4. The van der Waals surface area contributed by atoms with Gasteiger partial charge in [0.2, 0.25) is 0 Å². The van der Waals surface area contributed by atoms with E-state index in [1.54, 1.807) is 4.88 Å². The molecule has 1 aliphatic rings. The van der Waals surface area contributed by atoms with Crippen molar-refractivity contribution in [2.75, 3.05) is 13.1 Å². The van der Waals surface area contributed by atoms with Crippen LogP contribution in [0.3, 0.4) is 0 Å². The highest BCUT2D eigenvalue weighted by atomic mass is 32.1. The quantitative estimate of drug-likeness (QED) is 0.906. The summed E-state index contributed by atoms with van der Waals surface area (Å²) in [5, 5.41) is 2.22. The van der Waals surface area contributed by atoms with Crippen LogP contribution in [0.2, 0.25) is 0 Å². The zero-order valence-electron chi connectivity index (χ0n) is 11.9. The van der Waals surface area contributed by atoms with Crippen molar-refractivity contribution in [3.8, 4) is 0 Å². The predicted molar refractivity (Wildman–Crippen MR) is 80.0 cm³/mol. The SMILES string of the molecule is CC(C)(C)CC(N)CCN1CCc2sccc2C1. The zero-order chi connectivity index (χ0) is 13.2. The molecule has 0 fully saturated rings. The monoisotopic (exact) mass is 266 g/mol. The van der Waals surface area contributed by atoms with Crippen LogP contribution in [0.15, 0.2) is 11.4 Å². The summed E-state index contributed by atoms with van der Waals surface area (Å²) in [6, 6.07) is 2.62. The van der Waals surface area contributed by atoms with Crippen molar-refractivity contribution >= 4 is 11.3 Å². The molecule has 2 nitrogen and oxygen atoms in total. The lowest BCUT2D eigenvalue weighted by atomic mass is 9.87. The molecule has 0 radical (unpaired) electrons. The van der Waals surface area contributed by atoms with Crippen molar-refractivity contribution in [1.82, 2.24) is 4.90 Å². The molecule has 1 aromatic heterocycles. The summed E-state index contributed by atoms with van der Waals surface area (Å²) in [7, 11) is 0. The van der Waals surface area contributed by atoms with Crippen LogP contribution in [-0.2, 0) is 13.0 Å². The van der Waals surface area contributed by atoms with Crippen LogP contribution in [0.4, 0.5) is 0 Å². The van der Waals surface area contributed by atoms with Crippen molar-refractivity contribution < 1.29 is 0 Å². The smallest absolute Gasteiger partial charge is 0.0244 e. The van der Waals surface area contributed by atoms with Crippen molar-refractivity contribution in [2.24, 2.45) is 11.1 Å². The first-order valence-corrected chi connectivity index (χ1v) is 7.85. The molecule has 0 spiro atoms. The molecule has 0 amide bonds. The molecule has 0 aromatic carbocycles. The highest BCUT2D eigenvalue weighted by Crippen LogP contribution is 2.25. The second-order valence-electron chi connectivity index (χ2n) is 6.71. The molecule has 1 atom stereocenters. The first-order chi connectivity index (χ1) is 8.44. The van der Waals surface area contributed by atoms with Gasteiger partial charge in [-0.2, -0.15) is 0 Å². The molecule has 2 rings (SSSR count). The van der Waals surface area contributed by atoms with Gasteiger partial charge in [-0.05, 0) is 48.2 Å². The van der Waals surface area contributed by atoms with Crippen molar-refractivity contribution in [1.29, 1.82) is 0 Å². The molecule has 1 aromatic rings. The fourth-order valence-electron chi connectivity index (χ4n) is 2.73. The summed E-state index contributed by atoms with van der Waals surface area (Å²) >= 11 is 1.91. The standard InChI is InChI=1S/C15H26N2S/c1-15(2,3)10-13(16)4-7-17-8-5-14-12(11-17)6-9-18-14/h6,9,13H,4-5,7-8,10-11,16H2,1-3H3. The number of fused-ring (bicyclic) bond motifs is 1. The second-order valence-corrected chi connectivity index (χ2v) is 7.71. The van der Waals surface area contributed by atoms with Crippen LogP contribution < -0.4 is 5.73 Å². The second kappa shape index (κ2) is 5.72. The van der Waals surface area contributed by atoms with E-state index in [1.807, 2.05) is 11.3 Å². The van der Waals surface area contributed by atoms with Crippen molar-refractivity contribution in [2.45, 2.75) is 52.6 Å². The summed E-state index contributed by atoms with van der Waals surface area (Å²) in [4.78, 5) is 4.14. The lowest BCUT2D eigenvalue weighted by molar-refractivity contribution is 0.233. The van der Waals surface area contributed by atoms with Crippen LogP contribution in [-0.4, -0.2) is 24.0 Å². The van der Waals surface area contributed by atoms with Crippen LogP contribution in [0.25, 0.3) is 0 Å². The summed E-state index contributed by atoms with van der Waals surface area (Å²) in [6.45, 7) is 10.3. The van der Waals surface area contributed by atoms with E-state index < -0.39 is 0 Å². The average Bonchev–Trinajstić information content (AvgIpc) is 2.71. The number of nitrogens with zero attached hydrogens (tertiary/aromatic N) is 1. The lowest BCUT2D eigenvalue weighted by Gasteiger charge is -2.29. The number of hydrogen-bond acceptors (Lipinski definition) is 3. The minimum atomic E-state index is 0.342. The van der Waals surface area contributed by atoms with Gasteiger partial charge in [-0.1, -0.05) is 20.8 Å². The predicted octanol–water partition coefficient (Wildman–Crippen LogP) is 3.26. The molecule has 0 bridgehead atoms. The van der Waals surface area contributed by atoms with Crippen LogP contribution in [0.1, 0.15) is 44.1 Å². The molecular weight excluding hydrogens is 240 g/mol. The number of hydrogen-bond donors (Lipinski definition) is 1. The fourth-order valence-corrected chi connectivity index (χ4v) is 3.62. The highest BCUT2D eigenvalue weighted by Gasteiger charge is 2.19. The van der Waals surface area contributed by atoms with Crippen molar-refractivity contribution in [3.05, 3.63) is 21.9 Å². The third kappa shape index (κ3) is 4.08. The summed E-state index contributed by atoms with van der Waals surface area (Å²) in [5.74, 6) is 0. The van der Waals surface area contributed by atoms with Crippen LogP contribution >= 0.6 is 11.3 Å². The zero-order valence-corrected chi connectivity index (χ0v) is 12.7. The third-order valence-corrected chi connectivity index (χ3v) is 4.60. The normalized spacial score (nSPS) is 18.7. The molecular formula is C15H26N2S. The first-order valence-electron chi connectivity index (χ1n) is 6.97. The fraction of sp³-hybridized carbons (Fsp3) is 0.733. The maximum atomic E-state index is 6.23. The summed E-state index contributed by atoms with van der Waals surface area (Å²) in [5.41, 5.74) is 8.11. The molecule has 0 saturated heterocycles. The maximum absolute atomic E-state index is 6.23. The summed E-state index contributed by atoms with van der Waals surface area (Å²) in [6.07, 6.45) is 3.46. The van der Waals surface area contributed by atoms with E-state index >= 15 is 0 Å². The van der Waals surface area contributed by atoms with E-state index in [2.05, 4.69) is 37.1 Å². The molecule has 0 saturated carbocycles. The van der Waals surface area contributed by atoms with Gasteiger partial charge < -0.3 is 5.73 Å². The van der Waals surface area contributed by atoms with E-state index in [4.69, 9.17) is 5.73 Å². The van der Waals surface area contributed by atoms with Gasteiger partial charge in [0.1, 0.15) is 0 Å². The van der Waals surface area contributed by atoms with E-state index in [-0.39, 0.29) is 0 Å². The summed E-state index contributed by atoms with van der Waals surface area (Å²) < 4.78 is 0. The first kappa shape index (κ1) is 14.0. The average molecular weight is 266 g/mol. The van der Waals surface area contributed by atoms with Gasteiger partial charge in [-0.15, -0.1) is 11.3 Å². The van der Waals surface area contributed by atoms with Crippen LogP contribution in [0, 0.1) is 5.41 Å². The Morgan fingerprint density at radius 3 is 2.94 bits per heavy atom. The van der Waals surface area contributed by atoms with Gasteiger partial charge in [0, 0.05) is 24.0 Å². The molecule has 3 heteroatoms. The minimum absolute atomic E-state index is 0.342. The van der Waals surface area contributed by atoms with Gasteiger partial charge in [0.05, 0.1) is 0 Å². The number of thiophene rings is 1. The Labute approximate surface area is 115 Å². The Kier molecular flexibility index (Phi) is 4.46. The Balaban J connectivity index is 1.75. The third-order valence-electron chi connectivity index (χ3n) is 3.58. The Bertz CT molecular complexity index is 378. The van der Waals surface area contributed by atoms with E-state index in [9.17, 15) is 0 Å². The van der Waals surface area contributed by atoms with Gasteiger partial charge in [-0.3, -0.25) is 4.90 Å². The molecule has 0 aliphatic carbocycles. The molecule has 18 heavy (non-hydrogen) atoms. The van der Waals surface area contributed by atoms with Gasteiger partial charge in [0.25, 0.3) is 0 Å². The molecule has 1 aliphatic heterocycles. The van der Waals surface area contributed by atoms with Gasteiger partial charge >= 0.3 is 0 Å². The van der Waals surface area contributed by atoms with E-state index in [1.165, 1.54) is 18.5 Å². The maximum Gasteiger partial charge on any atom is 0.0244 e. The van der Waals surface area contributed by atoms with Gasteiger partial charge in [-0.25, -0.2) is 0 Å². The Hall–Kier alpha value is -0.380. The molecule has 1 unspecified atom stereocenters. The lowest BCUT2D eigenvalue weighted by Crippen LogP contribution is -2.35. The van der Waals surface area contributed by atoms with E-state index in [0.29, 0.717) is 11.5 Å². The van der Waals surface area contributed by atoms with Gasteiger partial charge in [0.15, 0.2) is 0 Å². The molecule has 2 heterocycles. The molecule has 102 valence electrons. The Morgan fingerprint density at radius 2 is 2.22 bits per heavy atom. The largest absolute Gasteiger partial charge is 0.328 e.